The molecule has 1 saturated heterocycles. The van der Waals surface area contributed by atoms with Gasteiger partial charge in [0.1, 0.15) is 6.07 Å². The van der Waals surface area contributed by atoms with Crippen molar-refractivity contribution in [3.63, 3.8) is 0 Å². The van der Waals surface area contributed by atoms with E-state index < -0.39 is 29.3 Å². The summed E-state index contributed by atoms with van der Waals surface area (Å²) in [6.45, 7) is 0.924. The number of ether oxygens (including phenoxy) is 1. The van der Waals surface area contributed by atoms with Crippen LogP contribution >= 0.6 is 0 Å². The number of morpholine rings is 1. The standard InChI is InChI=1S/C22H18FN9O5/c1-22(35,21(34)27-11-2-3-14-16(7-11)37-30-18(14)25)17-20(33)31(4-5-36-17)19-15(23)10-32(29-19)13-6-12(8-24)28-26-9-13/h2-3,6-7,9-10,17,35H,4-5H2,1H3,(H2,25,30)(H,27,34)/t17-,22+/m0/s1. The van der Waals surface area contributed by atoms with E-state index in [1.807, 2.05) is 6.07 Å². The lowest BCUT2D eigenvalue weighted by Gasteiger charge is -2.37. The molecule has 37 heavy (non-hydrogen) atoms. The van der Waals surface area contributed by atoms with Crippen molar-refractivity contribution in [2.45, 2.75) is 18.6 Å². The van der Waals surface area contributed by atoms with Gasteiger partial charge in [-0.3, -0.25) is 14.5 Å². The number of anilines is 3. The molecule has 1 aliphatic rings. The average molecular weight is 507 g/mol. The van der Waals surface area contributed by atoms with Gasteiger partial charge in [-0.25, -0.2) is 9.07 Å². The SMILES string of the molecule is C[C@](O)(C(=O)Nc1ccc2c(N)noc2c1)[C@H]1OCCN(c2nn(-c3cnnc(C#N)c3)cc2F)C1=O. The van der Waals surface area contributed by atoms with Crippen molar-refractivity contribution in [1.29, 1.82) is 5.26 Å². The molecule has 1 fully saturated rings. The highest BCUT2D eigenvalue weighted by molar-refractivity contribution is 6.06. The molecule has 0 saturated carbocycles. The van der Waals surface area contributed by atoms with Crippen LogP contribution in [0.4, 0.5) is 21.7 Å². The van der Waals surface area contributed by atoms with Crippen LogP contribution in [0.3, 0.4) is 0 Å². The van der Waals surface area contributed by atoms with Gasteiger partial charge in [0.2, 0.25) is 0 Å². The molecule has 14 nitrogen and oxygen atoms in total. The Labute approximate surface area is 207 Å². The molecule has 4 N–H and O–H groups in total. The van der Waals surface area contributed by atoms with Gasteiger partial charge >= 0.3 is 0 Å². The fourth-order valence-corrected chi connectivity index (χ4v) is 3.80. The zero-order chi connectivity index (χ0) is 26.3. The number of rotatable bonds is 5. The Bertz CT molecular complexity index is 1570. The second-order valence-electron chi connectivity index (χ2n) is 8.28. The Hall–Kier alpha value is -4.94. The van der Waals surface area contributed by atoms with Gasteiger partial charge in [-0.1, -0.05) is 5.16 Å². The van der Waals surface area contributed by atoms with E-state index in [-0.39, 0.29) is 41.9 Å². The molecule has 15 heteroatoms. The molecule has 2 amide bonds. The maximum Gasteiger partial charge on any atom is 0.261 e. The molecule has 4 aromatic rings. The summed E-state index contributed by atoms with van der Waals surface area (Å²) in [6.07, 6.45) is 0.603. The minimum absolute atomic E-state index is 0.00884. The lowest BCUT2D eigenvalue weighted by molar-refractivity contribution is -0.165. The topological polar surface area (TPSA) is 198 Å². The van der Waals surface area contributed by atoms with Gasteiger partial charge < -0.3 is 25.4 Å². The van der Waals surface area contributed by atoms with Crippen molar-refractivity contribution in [2.24, 2.45) is 0 Å². The number of nitriles is 1. The third-order valence-electron chi connectivity index (χ3n) is 5.74. The van der Waals surface area contributed by atoms with E-state index in [9.17, 15) is 19.1 Å². The van der Waals surface area contributed by atoms with Crippen LogP contribution in [0.25, 0.3) is 16.7 Å². The lowest BCUT2D eigenvalue weighted by Crippen LogP contribution is -2.61. The maximum atomic E-state index is 14.9. The number of nitrogen functional groups attached to an aromatic ring is 1. The average Bonchev–Trinajstić information content (AvgIpc) is 3.46. The molecular formula is C22H18FN9O5. The lowest BCUT2D eigenvalue weighted by atomic mass is 9.95. The first-order valence-electron chi connectivity index (χ1n) is 10.8. The quantitative estimate of drug-likeness (QED) is 0.340. The molecular weight excluding hydrogens is 489 g/mol. The second-order valence-corrected chi connectivity index (χ2v) is 8.28. The van der Waals surface area contributed by atoms with Gasteiger partial charge in [0, 0.05) is 17.8 Å². The molecule has 0 radical (unpaired) electrons. The van der Waals surface area contributed by atoms with Crippen molar-refractivity contribution < 1.29 is 28.3 Å². The van der Waals surface area contributed by atoms with Gasteiger partial charge in [-0.05, 0) is 19.1 Å². The summed E-state index contributed by atoms with van der Waals surface area (Å²) in [5, 5.41) is 38.1. The number of carbonyl (C=O) groups is 2. The molecule has 5 rings (SSSR count). The first kappa shape index (κ1) is 23.8. The molecule has 0 spiro atoms. The maximum absolute atomic E-state index is 14.9. The van der Waals surface area contributed by atoms with E-state index >= 15 is 0 Å². The van der Waals surface area contributed by atoms with Gasteiger partial charge in [0.15, 0.2) is 40.4 Å². The predicted molar refractivity (Wildman–Crippen MR) is 124 cm³/mol. The number of fused-ring (bicyclic) bond motifs is 1. The molecule has 2 atom stereocenters. The summed E-state index contributed by atoms with van der Waals surface area (Å²) < 4.78 is 26.5. The molecule has 1 aliphatic heterocycles. The van der Waals surface area contributed by atoms with Gasteiger partial charge in [0.05, 0.1) is 36.6 Å². The van der Waals surface area contributed by atoms with Crippen LogP contribution < -0.4 is 16.0 Å². The number of carbonyl (C=O) groups excluding carboxylic acids is 2. The normalized spacial score (nSPS) is 17.4. The number of amides is 2. The number of aliphatic hydroxyl groups is 1. The summed E-state index contributed by atoms with van der Waals surface area (Å²) in [5.74, 6) is -2.84. The Morgan fingerprint density at radius 1 is 1.41 bits per heavy atom. The number of hydrogen-bond acceptors (Lipinski definition) is 11. The highest BCUT2D eigenvalue weighted by atomic mass is 19.1. The van der Waals surface area contributed by atoms with Crippen LogP contribution in [0.15, 0.2) is 41.2 Å². The fraction of sp³-hybridized carbons (Fsp3) is 0.227. The number of halogens is 1. The van der Waals surface area contributed by atoms with Crippen molar-refractivity contribution >= 4 is 40.1 Å². The molecule has 1 aromatic carbocycles. The summed E-state index contributed by atoms with van der Waals surface area (Å²) in [6, 6.07) is 7.71. The Kier molecular flexibility index (Phi) is 5.74. The van der Waals surface area contributed by atoms with Crippen molar-refractivity contribution in [1.82, 2.24) is 25.1 Å². The zero-order valence-electron chi connectivity index (χ0n) is 19.1. The Morgan fingerprint density at radius 2 is 2.22 bits per heavy atom. The molecule has 0 bridgehead atoms. The number of benzene rings is 1. The summed E-state index contributed by atoms with van der Waals surface area (Å²) >= 11 is 0. The minimum Gasteiger partial charge on any atom is -0.380 e. The van der Waals surface area contributed by atoms with Crippen molar-refractivity contribution in [3.05, 3.63) is 48.2 Å². The first-order valence-corrected chi connectivity index (χ1v) is 10.8. The molecule has 4 heterocycles. The van der Waals surface area contributed by atoms with Crippen LogP contribution in [-0.4, -0.2) is 66.9 Å². The van der Waals surface area contributed by atoms with E-state index in [4.69, 9.17) is 20.3 Å². The van der Waals surface area contributed by atoms with Crippen LogP contribution in [0.2, 0.25) is 0 Å². The number of aromatic nitrogens is 5. The van der Waals surface area contributed by atoms with E-state index in [1.165, 1.54) is 24.4 Å². The summed E-state index contributed by atoms with van der Waals surface area (Å²) in [7, 11) is 0. The number of nitrogens with zero attached hydrogens (tertiary/aromatic N) is 7. The molecule has 0 unspecified atom stereocenters. The van der Waals surface area contributed by atoms with E-state index in [2.05, 4.69) is 25.8 Å². The third-order valence-corrected chi connectivity index (χ3v) is 5.74. The Balaban J connectivity index is 1.37. The largest absolute Gasteiger partial charge is 0.380 e. The number of nitrogens with one attached hydrogen (secondary N) is 1. The molecule has 3 aromatic heterocycles. The molecule has 188 valence electrons. The third kappa shape index (κ3) is 4.20. The van der Waals surface area contributed by atoms with Crippen molar-refractivity contribution in [3.8, 4) is 11.8 Å². The predicted octanol–water partition coefficient (Wildman–Crippen LogP) is 0.518. The van der Waals surface area contributed by atoms with Crippen LogP contribution in [0.5, 0.6) is 0 Å². The first-order chi connectivity index (χ1) is 17.7. The number of hydrogen-bond donors (Lipinski definition) is 3. The molecule has 0 aliphatic carbocycles. The van der Waals surface area contributed by atoms with Crippen LogP contribution in [0, 0.1) is 17.1 Å². The van der Waals surface area contributed by atoms with E-state index in [0.717, 1.165) is 22.7 Å². The van der Waals surface area contributed by atoms with Gasteiger partial charge in [-0.15, -0.1) is 10.2 Å². The summed E-state index contributed by atoms with van der Waals surface area (Å²) in [4.78, 5) is 27.2. The fourth-order valence-electron chi connectivity index (χ4n) is 3.80. The van der Waals surface area contributed by atoms with Crippen LogP contribution in [-0.2, 0) is 14.3 Å². The van der Waals surface area contributed by atoms with E-state index in [1.54, 1.807) is 6.07 Å². The van der Waals surface area contributed by atoms with E-state index in [0.29, 0.717) is 11.0 Å². The number of nitrogens with two attached hydrogens (primary N) is 1. The van der Waals surface area contributed by atoms with Crippen molar-refractivity contribution in [2.75, 3.05) is 29.1 Å². The van der Waals surface area contributed by atoms with Crippen LogP contribution in [0.1, 0.15) is 12.6 Å². The highest BCUT2D eigenvalue weighted by Crippen LogP contribution is 2.28. The van der Waals surface area contributed by atoms with Gasteiger partial charge in [-0.2, -0.15) is 10.4 Å². The highest BCUT2D eigenvalue weighted by Gasteiger charge is 2.49. The van der Waals surface area contributed by atoms with Gasteiger partial charge in [0.25, 0.3) is 11.8 Å². The Morgan fingerprint density at radius 3 is 3.00 bits per heavy atom. The smallest absolute Gasteiger partial charge is 0.261 e. The zero-order valence-corrected chi connectivity index (χ0v) is 19.1. The minimum atomic E-state index is -2.35. The summed E-state index contributed by atoms with van der Waals surface area (Å²) in [5.41, 5.74) is 4.13. The second kappa shape index (κ2) is 8.93. The monoisotopic (exact) mass is 507 g/mol.